The summed E-state index contributed by atoms with van der Waals surface area (Å²) in [7, 11) is 0. The van der Waals surface area contributed by atoms with Gasteiger partial charge in [0.1, 0.15) is 11.6 Å². The third-order valence-corrected chi connectivity index (χ3v) is 5.28. The molecule has 3 heterocycles. The van der Waals surface area contributed by atoms with Crippen molar-refractivity contribution in [2.45, 2.75) is 44.3 Å². The molecule has 4 rings (SSSR count). The number of likely N-dealkylation sites (tertiary alicyclic amines) is 1. The van der Waals surface area contributed by atoms with Crippen LogP contribution >= 0.6 is 0 Å². The fourth-order valence-corrected chi connectivity index (χ4v) is 4.12. The van der Waals surface area contributed by atoms with Crippen LogP contribution in [0.15, 0.2) is 18.3 Å². The first-order valence-corrected chi connectivity index (χ1v) is 8.57. The molecular formula is C18H19F3N4O. The minimum atomic E-state index is -1.24. The lowest BCUT2D eigenvalue weighted by Gasteiger charge is -2.29. The van der Waals surface area contributed by atoms with E-state index >= 15 is 0 Å². The number of imidazole rings is 1. The molecule has 1 aromatic heterocycles. The highest BCUT2D eigenvalue weighted by Gasteiger charge is 2.46. The molecule has 3 unspecified atom stereocenters. The van der Waals surface area contributed by atoms with Gasteiger partial charge in [-0.1, -0.05) is 0 Å². The molecule has 138 valence electrons. The molecule has 2 bridgehead atoms. The van der Waals surface area contributed by atoms with Crippen LogP contribution in [0.25, 0.3) is 0 Å². The van der Waals surface area contributed by atoms with Crippen LogP contribution in [-0.2, 0) is 11.2 Å². The first kappa shape index (κ1) is 17.1. The van der Waals surface area contributed by atoms with E-state index in [4.69, 9.17) is 5.73 Å². The van der Waals surface area contributed by atoms with E-state index in [1.165, 1.54) is 0 Å². The summed E-state index contributed by atoms with van der Waals surface area (Å²) in [6, 6.07) is 0.810. The first-order valence-electron chi connectivity index (χ1n) is 8.57. The van der Waals surface area contributed by atoms with Crippen LogP contribution in [0.2, 0.25) is 0 Å². The normalized spacial score (nSPS) is 22.0. The smallest absolute Gasteiger partial charge is 0.224 e. The molecule has 3 atom stereocenters. The standard InChI is InChI=1S/C18H19F3N4O/c1-9-7-23-18-16-5-12(25(9)18)8-24(16)17(26)4-11(22)2-10-3-14(20)15(21)6-13(10)19/h3,6-7,11-12,16H,2,4-5,8,22H2,1H3. The Morgan fingerprint density at radius 3 is 2.81 bits per heavy atom. The summed E-state index contributed by atoms with van der Waals surface area (Å²) in [5.41, 5.74) is 7.04. The number of carbonyl (C=O) groups is 1. The Bertz CT molecular complexity index is 882. The van der Waals surface area contributed by atoms with Crippen molar-refractivity contribution in [2.75, 3.05) is 6.54 Å². The second kappa shape index (κ2) is 6.12. The largest absolute Gasteiger partial charge is 0.330 e. The number of nitrogens with two attached hydrogens (primary N) is 1. The third kappa shape index (κ3) is 2.68. The SMILES string of the molecule is Cc1cnc2n1C1CC2N(C(=O)CC(N)Cc2cc(F)c(F)cc2F)C1. The van der Waals surface area contributed by atoms with Crippen molar-refractivity contribution < 1.29 is 18.0 Å². The van der Waals surface area contributed by atoms with Crippen molar-refractivity contribution in [3.8, 4) is 0 Å². The predicted octanol–water partition coefficient (Wildman–Crippen LogP) is 2.40. The zero-order chi connectivity index (χ0) is 18.6. The molecule has 1 saturated heterocycles. The predicted molar refractivity (Wildman–Crippen MR) is 87.7 cm³/mol. The number of hydrogen-bond donors (Lipinski definition) is 1. The molecular weight excluding hydrogens is 345 g/mol. The second-order valence-electron chi connectivity index (χ2n) is 7.11. The maximum absolute atomic E-state index is 13.8. The highest BCUT2D eigenvalue weighted by atomic mass is 19.2. The molecule has 1 amide bonds. The number of aryl methyl sites for hydroxylation is 1. The second-order valence-corrected chi connectivity index (χ2v) is 7.11. The Morgan fingerprint density at radius 1 is 1.31 bits per heavy atom. The fraction of sp³-hybridized carbons (Fsp3) is 0.444. The number of benzene rings is 1. The maximum Gasteiger partial charge on any atom is 0.224 e. The number of fused-ring (bicyclic) bond motifs is 5. The molecule has 0 radical (unpaired) electrons. The number of rotatable bonds is 4. The van der Waals surface area contributed by atoms with Gasteiger partial charge in [-0.25, -0.2) is 18.2 Å². The van der Waals surface area contributed by atoms with Gasteiger partial charge in [0, 0.05) is 37.0 Å². The van der Waals surface area contributed by atoms with E-state index < -0.39 is 23.5 Å². The van der Waals surface area contributed by atoms with E-state index in [0.29, 0.717) is 12.6 Å². The van der Waals surface area contributed by atoms with Crippen molar-refractivity contribution in [3.63, 3.8) is 0 Å². The molecule has 1 aromatic carbocycles. The van der Waals surface area contributed by atoms with Gasteiger partial charge in [-0.2, -0.15) is 0 Å². The average molecular weight is 364 g/mol. The fourth-order valence-electron chi connectivity index (χ4n) is 4.12. The number of aromatic nitrogens is 2. The van der Waals surface area contributed by atoms with Crippen molar-refractivity contribution in [1.29, 1.82) is 0 Å². The summed E-state index contributed by atoms with van der Waals surface area (Å²) in [6.07, 6.45) is 2.63. The van der Waals surface area contributed by atoms with Crippen LogP contribution in [0, 0.1) is 24.4 Å². The maximum atomic E-state index is 13.8. The Morgan fingerprint density at radius 2 is 2.04 bits per heavy atom. The van der Waals surface area contributed by atoms with E-state index in [9.17, 15) is 18.0 Å². The quantitative estimate of drug-likeness (QED) is 0.848. The molecule has 5 nitrogen and oxygen atoms in total. The summed E-state index contributed by atoms with van der Waals surface area (Å²) in [6.45, 7) is 2.61. The van der Waals surface area contributed by atoms with Gasteiger partial charge in [-0.15, -0.1) is 0 Å². The molecule has 0 saturated carbocycles. The zero-order valence-electron chi connectivity index (χ0n) is 14.3. The van der Waals surface area contributed by atoms with Crippen LogP contribution in [0.4, 0.5) is 13.2 Å². The molecule has 8 heteroatoms. The number of carbonyl (C=O) groups excluding carboxylic acids is 1. The number of nitrogens with zero attached hydrogens (tertiary/aromatic N) is 3. The van der Waals surface area contributed by atoms with E-state index in [1.807, 2.05) is 6.92 Å². The Hall–Kier alpha value is -2.35. The minimum absolute atomic E-state index is 0.0152. The Kier molecular flexibility index (Phi) is 4.02. The highest BCUT2D eigenvalue weighted by Crippen LogP contribution is 2.45. The summed E-state index contributed by atoms with van der Waals surface area (Å²) < 4.78 is 42.2. The summed E-state index contributed by atoms with van der Waals surface area (Å²) in [4.78, 5) is 18.8. The molecule has 0 aliphatic carbocycles. The van der Waals surface area contributed by atoms with Gasteiger partial charge in [-0.3, -0.25) is 4.79 Å². The highest BCUT2D eigenvalue weighted by molar-refractivity contribution is 5.78. The van der Waals surface area contributed by atoms with Gasteiger partial charge in [0.15, 0.2) is 11.6 Å². The topological polar surface area (TPSA) is 64.2 Å². The molecule has 1 fully saturated rings. The van der Waals surface area contributed by atoms with Gasteiger partial charge in [-0.05, 0) is 31.4 Å². The lowest BCUT2D eigenvalue weighted by atomic mass is 10.0. The van der Waals surface area contributed by atoms with Crippen LogP contribution in [0.1, 0.15) is 42.0 Å². The van der Waals surface area contributed by atoms with Gasteiger partial charge in [0.05, 0.1) is 12.1 Å². The molecule has 2 aliphatic rings. The lowest BCUT2D eigenvalue weighted by Crippen LogP contribution is -2.39. The Labute approximate surface area is 148 Å². The van der Waals surface area contributed by atoms with Crippen LogP contribution in [-0.4, -0.2) is 32.9 Å². The number of amides is 1. The minimum Gasteiger partial charge on any atom is -0.330 e. The van der Waals surface area contributed by atoms with Crippen LogP contribution in [0.3, 0.4) is 0 Å². The van der Waals surface area contributed by atoms with Gasteiger partial charge >= 0.3 is 0 Å². The van der Waals surface area contributed by atoms with E-state index in [-0.39, 0.29) is 36.4 Å². The van der Waals surface area contributed by atoms with Gasteiger partial charge in [0.25, 0.3) is 0 Å². The average Bonchev–Trinajstić information content (AvgIpc) is 3.25. The number of halogens is 3. The summed E-state index contributed by atoms with van der Waals surface area (Å²) in [5.74, 6) is -2.45. The first-order chi connectivity index (χ1) is 12.3. The van der Waals surface area contributed by atoms with Crippen LogP contribution in [0.5, 0.6) is 0 Å². The third-order valence-electron chi connectivity index (χ3n) is 5.28. The number of hydrogen-bond acceptors (Lipinski definition) is 3. The summed E-state index contributed by atoms with van der Waals surface area (Å²) >= 11 is 0. The zero-order valence-corrected chi connectivity index (χ0v) is 14.3. The summed E-state index contributed by atoms with van der Waals surface area (Å²) in [5, 5.41) is 0. The molecule has 26 heavy (non-hydrogen) atoms. The van der Waals surface area contributed by atoms with Crippen molar-refractivity contribution in [3.05, 3.63) is 52.9 Å². The molecule has 0 spiro atoms. The molecule has 2 aromatic rings. The molecule has 2 aliphatic heterocycles. The lowest BCUT2D eigenvalue weighted by molar-refractivity contribution is -0.133. The van der Waals surface area contributed by atoms with Gasteiger partial charge in [0.2, 0.25) is 5.91 Å². The van der Waals surface area contributed by atoms with Gasteiger partial charge < -0.3 is 15.2 Å². The van der Waals surface area contributed by atoms with E-state index in [1.54, 1.807) is 11.1 Å². The van der Waals surface area contributed by atoms with Crippen molar-refractivity contribution in [1.82, 2.24) is 14.5 Å². The molecule has 2 N–H and O–H groups in total. The Balaban J connectivity index is 1.42. The monoisotopic (exact) mass is 364 g/mol. The van der Waals surface area contributed by atoms with Crippen molar-refractivity contribution in [2.24, 2.45) is 5.73 Å². The van der Waals surface area contributed by atoms with Crippen LogP contribution < -0.4 is 5.73 Å². The van der Waals surface area contributed by atoms with E-state index in [0.717, 1.165) is 24.0 Å². The van der Waals surface area contributed by atoms with Crippen molar-refractivity contribution >= 4 is 5.91 Å². The van der Waals surface area contributed by atoms with E-state index in [2.05, 4.69) is 9.55 Å².